The molecule has 0 aliphatic heterocycles. The molecule has 3 amide bonds. The molecule has 0 unspecified atom stereocenters. The van der Waals surface area contributed by atoms with Gasteiger partial charge in [-0.2, -0.15) is 9.59 Å². The van der Waals surface area contributed by atoms with Gasteiger partial charge in [0.15, 0.2) is 0 Å². The van der Waals surface area contributed by atoms with Crippen LogP contribution in [0, 0.1) is 5.41 Å². The number of benzene rings is 3. The number of rotatable bonds is 11. The van der Waals surface area contributed by atoms with Crippen molar-refractivity contribution in [3.8, 4) is 5.75 Å². The monoisotopic (exact) mass is 792 g/mol. The lowest BCUT2D eigenvalue weighted by Gasteiger charge is -2.32. The minimum absolute atomic E-state index is 0.0163. The van der Waals surface area contributed by atoms with Crippen molar-refractivity contribution in [2.75, 3.05) is 0 Å². The fourth-order valence-electron chi connectivity index (χ4n) is 4.94. The Balaban J connectivity index is 0.00000349. The topological polar surface area (TPSA) is 179 Å². The second-order valence-corrected chi connectivity index (χ2v) is 16.3. The Morgan fingerprint density at radius 3 is 1.82 bits per heavy atom. The van der Waals surface area contributed by atoms with Crippen LogP contribution in [0.2, 0.25) is 5.02 Å². The SMILES string of the molecule is CC(C)(C)OC(=O)NC(=Nc1ccc(C(=O)Oc2ccc(CCCCC(=O)N[C@@H](Cc3ccccc3)C(C)(C)C)c(Cl)c2)cc1)NC(=O)OC(C)(C)C.O=C=O. The van der Waals surface area contributed by atoms with E-state index in [0.29, 0.717) is 30.0 Å². The van der Waals surface area contributed by atoms with Gasteiger partial charge in [-0.25, -0.2) is 19.4 Å². The molecule has 13 nitrogen and oxygen atoms in total. The first-order valence-electron chi connectivity index (χ1n) is 18.1. The highest BCUT2D eigenvalue weighted by Gasteiger charge is 2.26. The zero-order chi connectivity index (χ0) is 42.1. The Bertz CT molecular complexity index is 1800. The van der Waals surface area contributed by atoms with E-state index in [1.807, 2.05) is 24.3 Å². The molecule has 0 spiro atoms. The van der Waals surface area contributed by atoms with Crippen molar-refractivity contribution >= 4 is 53.5 Å². The number of nitrogens with zero attached hydrogens (tertiary/aromatic N) is 1. The van der Waals surface area contributed by atoms with Gasteiger partial charge >= 0.3 is 24.3 Å². The first kappa shape index (κ1) is 46.6. The number of alkyl carbamates (subject to hydrolysis) is 2. The lowest BCUT2D eigenvalue weighted by molar-refractivity contribution is -0.191. The summed E-state index contributed by atoms with van der Waals surface area (Å²) >= 11 is 6.55. The number of aryl methyl sites for hydroxylation is 1. The molecule has 0 bridgehead atoms. The zero-order valence-corrected chi connectivity index (χ0v) is 34.3. The van der Waals surface area contributed by atoms with Gasteiger partial charge in [0.05, 0.1) is 11.3 Å². The molecule has 302 valence electrons. The number of aliphatic imine (C=N–C) groups is 1. The number of halogens is 1. The molecular weight excluding hydrogens is 740 g/mol. The van der Waals surface area contributed by atoms with Crippen molar-refractivity contribution in [1.82, 2.24) is 16.0 Å². The van der Waals surface area contributed by atoms with Gasteiger partial charge in [0.25, 0.3) is 0 Å². The molecule has 1 atom stereocenters. The third-order valence-electron chi connectivity index (χ3n) is 7.58. The van der Waals surface area contributed by atoms with Crippen molar-refractivity contribution in [2.24, 2.45) is 10.4 Å². The van der Waals surface area contributed by atoms with Crippen LogP contribution in [0.3, 0.4) is 0 Å². The van der Waals surface area contributed by atoms with E-state index in [0.717, 1.165) is 18.4 Å². The molecule has 3 N–H and O–H groups in total. The lowest BCUT2D eigenvalue weighted by Crippen LogP contribution is -2.47. The van der Waals surface area contributed by atoms with E-state index in [1.54, 1.807) is 53.7 Å². The highest BCUT2D eigenvalue weighted by molar-refractivity contribution is 6.31. The van der Waals surface area contributed by atoms with Gasteiger partial charge in [-0.05, 0) is 120 Å². The Kier molecular flexibility index (Phi) is 17.9. The quantitative estimate of drug-likeness (QED) is 0.0564. The number of hydrogen-bond acceptors (Lipinski definition) is 10. The first-order chi connectivity index (χ1) is 26.1. The molecule has 3 aromatic rings. The summed E-state index contributed by atoms with van der Waals surface area (Å²) in [6, 6.07) is 21.3. The molecule has 0 saturated heterocycles. The molecule has 0 saturated carbocycles. The molecule has 56 heavy (non-hydrogen) atoms. The van der Waals surface area contributed by atoms with E-state index >= 15 is 0 Å². The van der Waals surface area contributed by atoms with Crippen LogP contribution in [0.25, 0.3) is 0 Å². The number of carbonyl (C=O) groups is 4. The van der Waals surface area contributed by atoms with E-state index in [2.05, 4.69) is 53.8 Å². The maximum Gasteiger partial charge on any atom is 0.414 e. The average Bonchev–Trinajstić information content (AvgIpc) is 3.06. The number of hydrogen-bond donors (Lipinski definition) is 3. The molecule has 0 fully saturated rings. The summed E-state index contributed by atoms with van der Waals surface area (Å²) < 4.78 is 16.1. The van der Waals surface area contributed by atoms with Crippen LogP contribution in [0.15, 0.2) is 77.8 Å². The van der Waals surface area contributed by atoms with E-state index in [1.165, 1.54) is 29.8 Å². The number of guanidine groups is 1. The van der Waals surface area contributed by atoms with Gasteiger partial charge in [-0.1, -0.05) is 68.8 Å². The number of unbranched alkanes of at least 4 members (excludes halogenated alkanes) is 1. The Morgan fingerprint density at radius 1 is 0.768 bits per heavy atom. The highest BCUT2D eigenvalue weighted by atomic mass is 35.5. The van der Waals surface area contributed by atoms with Crippen LogP contribution < -0.4 is 20.7 Å². The van der Waals surface area contributed by atoms with Crippen LogP contribution >= 0.6 is 11.6 Å². The van der Waals surface area contributed by atoms with Crippen LogP contribution in [0.4, 0.5) is 15.3 Å². The normalized spacial score (nSPS) is 11.7. The molecule has 0 aliphatic rings. The third-order valence-corrected chi connectivity index (χ3v) is 7.93. The van der Waals surface area contributed by atoms with Crippen LogP contribution in [0.1, 0.15) is 103 Å². The van der Waals surface area contributed by atoms with Gasteiger partial charge < -0.3 is 19.5 Å². The fraction of sp³-hybridized carbons (Fsp3) is 0.429. The molecule has 3 aromatic carbocycles. The molecule has 14 heteroatoms. The Hall–Kier alpha value is -5.52. The maximum atomic E-state index is 12.9. The van der Waals surface area contributed by atoms with Gasteiger partial charge in [0.1, 0.15) is 17.0 Å². The van der Waals surface area contributed by atoms with Crippen molar-refractivity contribution in [3.63, 3.8) is 0 Å². The summed E-state index contributed by atoms with van der Waals surface area (Å²) in [6.45, 7) is 16.6. The van der Waals surface area contributed by atoms with Crippen molar-refractivity contribution < 1.29 is 43.0 Å². The summed E-state index contributed by atoms with van der Waals surface area (Å²) in [5, 5.41) is 8.52. The predicted octanol–water partition coefficient (Wildman–Crippen LogP) is 8.50. The number of ether oxygens (including phenoxy) is 3. The minimum atomic E-state index is -0.830. The highest BCUT2D eigenvalue weighted by Crippen LogP contribution is 2.26. The average molecular weight is 793 g/mol. The second kappa shape index (κ2) is 21.5. The smallest absolute Gasteiger partial charge is 0.414 e. The van der Waals surface area contributed by atoms with Gasteiger partial charge in [-0.15, -0.1) is 0 Å². The molecule has 0 heterocycles. The Morgan fingerprint density at radius 2 is 1.32 bits per heavy atom. The molecule has 3 rings (SSSR count). The largest absolute Gasteiger partial charge is 0.444 e. The molecule has 0 aromatic heterocycles. The molecule has 0 radical (unpaired) electrons. The van der Waals surface area contributed by atoms with Crippen LogP contribution in [0.5, 0.6) is 5.75 Å². The number of amides is 3. The maximum absolute atomic E-state index is 12.9. The summed E-state index contributed by atoms with van der Waals surface area (Å²) in [4.78, 5) is 71.1. The van der Waals surface area contributed by atoms with Crippen LogP contribution in [-0.2, 0) is 36.7 Å². The van der Waals surface area contributed by atoms with Gasteiger partial charge in [0.2, 0.25) is 11.9 Å². The first-order valence-corrected chi connectivity index (χ1v) is 18.5. The van der Waals surface area contributed by atoms with Crippen molar-refractivity contribution in [2.45, 2.75) is 112 Å². The van der Waals surface area contributed by atoms with Crippen LogP contribution in [-0.4, -0.2) is 53.4 Å². The van der Waals surface area contributed by atoms with Crippen molar-refractivity contribution in [3.05, 3.63) is 94.5 Å². The number of carbonyl (C=O) groups excluding carboxylic acids is 6. The van der Waals surface area contributed by atoms with E-state index in [9.17, 15) is 19.2 Å². The van der Waals surface area contributed by atoms with E-state index < -0.39 is 29.4 Å². The van der Waals surface area contributed by atoms with E-state index in [4.69, 9.17) is 35.4 Å². The standard InChI is InChI=1S/C41H53ClN4O7.CO2/c1-39(2,3)33(25-27-15-11-10-12-16-27)44-34(47)18-14-13-17-28-21-24-31(26-32(28)42)51-35(48)29-19-22-30(23-20-29)43-36(45-37(49)52-40(4,5)6)46-38(50)53-41(7,8)9;2-1-3/h10-12,15-16,19-24,26,33H,13-14,17-18,25H2,1-9H3,(H,44,47)(H2,43,45,46,49,50);/t33-;/m0./s1. The van der Waals surface area contributed by atoms with Crippen molar-refractivity contribution in [1.29, 1.82) is 0 Å². The number of esters is 1. The molecule has 0 aliphatic carbocycles. The molecular formula is C42H53ClN4O9. The summed E-state index contributed by atoms with van der Waals surface area (Å²) in [6.07, 6.45) is 1.92. The summed E-state index contributed by atoms with van der Waals surface area (Å²) in [5.41, 5.74) is 0.976. The Labute approximate surface area is 333 Å². The summed E-state index contributed by atoms with van der Waals surface area (Å²) in [5.74, 6) is -0.531. The predicted molar refractivity (Wildman–Crippen MR) is 213 cm³/mol. The lowest BCUT2D eigenvalue weighted by atomic mass is 9.83. The summed E-state index contributed by atoms with van der Waals surface area (Å²) in [7, 11) is 0. The number of nitrogens with one attached hydrogen (secondary N) is 3. The van der Waals surface area contributed by atoms with E-state index in [-0.39, 0.29) is 40.8 Å². The third kappa shape index (κ3) is 18.7. The fourth-order valence-corrected chi connectivity index (χ4v) is 5.21. The van der Waals surface area contributed by atoms with Gasteiger partial charge in [-0.3, -0.25) is 15.4 Å². The minimum Gasteiger partial charge on any atom is -0.444 e. The van der Waals surface area contributed by atoms with Gasteiger partial charge in [0, 0.05) is 17.5 Å². The zero-order valence-electron chi connectivity index (χ0n) is 33.5. The second-order valence-electron chi connectivity index (χ2n) is 15.9.